The summed E-state index contributed by atoms with van der Waals surface area (Å²) in [6.07, 6.45) is 1.69. The van der Waals surface area contributed by atoms with Gasteiger partial charge in [0.25, 0.3) is 0 Å². The van der Waals surface area contributed by atoms with Crippen molar-refractivity contribution in [2.45, 2.75) is 13.1 Å². The third-order valence-electron chi connectivity index (χ3n) is 1.53. The van der Waals surface area contributed by atoms with Crippen molar-refractivity contribution in [1.29, 1.82) is 0 Å². The van der Waals surface area contributed by atoms with Crippen LogP contribution in [0.4, 0.5) is 0 Å². The normalized spacial score (nSPS) is 9.62. The molecule has 5 nitrogen and oxygen atoms in total. The summed E-state index contributed by atoms with van der Waals surface area (Å²) < 4.78 is 0. The number of aromatic nitrogens is 1. The van der Waals surface area contributed by atoms with E-state index in [1.165, 1.54) is 0 Å². The van der Waals surface area contributed by atoms with Crippen molar-refractivity contribution >= 4 is 5.96 Å². The summed E-state index contributed by atoms with van der Waals surface area (Å²) in [6.45, 7) is 0.896. The summed E-state index contributed by atoms with van der Waals surface area (Å²) in [5.41, 5.74) is 17.7. The van der Waals surface area contributed by atoms with Gasteiger partial charge in [-0.05, 0) is 17.7 Å². The molecule has 0 atom stereocenters. The monoisotopic (exact) mass is 179 g/mol. The van der Waals surface area contributed by atoms with Gasteiger partial charge in [0.2, 0.25) is 0 Å². The van der Waals surface area contributed by atoms with Crippen molar-refractivity contribution in [2.24, 2.45) is 22.2 Å². The van der Waals surface area contributed by atoms with Gasteiger partial charge in [0.05, 0.1) is 12.2 Å². The zero-order valence-corrected chi connectivity index (χ0v) is 7.27. The second-order valence-electron chi connectivity index (χ2n) is 2.60. The van der Waals surface area contributed by atoms with E-state index < -0.39 is 0 Å². The zero-order valence-electron chi connectivity index (χ0n) is 7.27. The molecular formula is C8H13N5. The molecule has 70 valence electrons. The molecule has 0 spiro atoms. The fourth-order valence-corrected chi connectivity index (χ4v) is 0.921. The highest BCUT2D eigenvalue weighted by atomic mass is 15.0. The number of nitrogens with two attached hydrogens (primary N) is 3. The minimum Gasteiger partial charge on any atom is -0.370 e. The Kier molecular flexibility index (Phi) is 3.22. The van der Waals surface area contributed by atoms with Gasteiger partial charge in [-0.25, -0.2) is 4.99 Å². The van der Waals surface area contributed by atoms with E-state index in [0.29, 0.717) is 13.1 Å². The molecule has 6 N–H and O–H groups in total. The maximum Gasteiger partial charge on any atom is 0.186 e. The van der Waals surface area contributed by atoms with E-state index in [9.17, 15) is 0 Å². The Morgan fingerprint density at radius 1 is 1.46 bits per heavy atom. The molecule has 0 amide bonds. The number of hydrogen-bond acceptors (Lipinski definition) is 3. The Bertz CT molecular complexity index is 303. The molecule has 5 heteroatoms. The Hall–Kier alpha value is -1.62. The summed E-state index contributed by atoms with van der Waals surface area (Å²) in [5, 5.41) is 0. The Labute approximate surface area is 76.7 Å². The lowest BCUT2D eigenvalue weighted by molar-refractivity contribution is 0.961. The molecule has 1 rings (SSSR count). The van der Waals surface area contributed by atoms with Gasteiger partial charge in [0, 0.05) is 12.7 Å². The van der Waals surface area contributed by atoms with Crippen molar-refractivity contribution in [3.8, 4) is 0 Å². The first-order valence-electron chi connectivity index (χ1n) is 3.91. The van der Waals surface area contributed by atoms with Crippen LogP contribution in [0.15, 0.2) is 23.3 Å². The van der Waals surface area contributed by atoms with Crippen LogP contribution in [0, 0.1) is 0 Å². The Morgan fingerprint density at radius 3 is 2.85 bits per heavy atom. The lowest BCUT2D eigenvalue weighted by atomic mass is 10.2. The Morgan fingerprint density at radius 2 is 2.23 bits per heavy atom. The molecule has 0 aliphatic carbocycles. The van der Waals surface area contributed by atoms with Crippen LogP contribution in [-0.4, -0.2) is 10.9 Å². The van der Waals surface area contributed by atoms with Gasteiger partial charge in [0.1, 0.15) is 0 Å². The quantitative estimate of drug-likeness (QED) is 0.422. The van der Waals surface area contributed by atoms with Crippen LogP contribution in [0.3, 0.4) is 0 Å². The number of aliphatic imine (C=N–C) groups is 1. The molecule has 0 saturated carbocycles. The number of guanidine groups is 1. The molecule has 1 aromatic heterocycles. The smallest absolute Gasteiger partial charge is 0.186 e. The van der Waals surface area contributed by atoms with Gasteiger partial charge in [-0.2, -0.15) is 0 Å². The van der Waals surface area contributed by atoms with E-state index in [2.05, 4.69) is 9.98 Å². The highest BCUT2D eigenvalue weighted by molar-refractivity contribution is 5.75. The topological polar surface area (TPSA) is 103 Å². The summed E-state index contributed by atoms with van der Waals surface area (Å²) >= 11 is 0. The third kappa shape index (κ3) is 3.08. The van der Waals surface area contributed by atoms with Crippen LogP contribution in [0.1, 0.15) is 11.3 Å². The standard InChI is InChI=1S/C8H13N5/c9-4-7-3-6(1-2-12-7)5-13-8(10)11/h1-3H,4-5,9H2,(H4,10,11,13). The van der Waals surface area contributed by atoms with Crippen molar-refractivity contribution in [2.75, 3.05) is 0 Å². The molecule has 0 unspecified atom stereocenters. The van der Waals surface area contributed by atoms with Gasteiger partial charge in [-0.1, -0.05) is 0 Å². The molecule has 0 aromatic carbocycles. The van der Waals surface area contributed by atoms with Gasteiger partial charge in [0.15, 0.2) is 5.96 Å². The van der Waals surface area contributed by atoms with Crippen LogP contribution in [0.25, 0.3) is 0 Å². The minimum absolute atomic E-state index is 0.0890. The maximum absolute atomic E-state index is 5.43. The molecule has 0 aliphatic rings. The Balaban J connectivity index is 2.72. The summed E-state index contributed by atoms with van der Waals surface area (Å²) in [4.78, 5) is 7.92. The van der Waals surface area contributed by atoms with Gasteiger partial charge in [-0.3, -0.25) is 4.98 Å². The van der Waals surface area contributed by atoms with E-state index in [-0.39, 0.29) is 5.96 Å². The van der Waals surface area contributed by atoms with Crippen LogP contribution < -0.4 is 17.2 Å². The molecule has 0 aliphatic heterocycles. The zero-order chi connectivity index (χ0) is 9.68. The average Bonchev–Trinajstić information content (AvgIpc) is 2.15. The van der Waals surface area contributed by atoms with E-state index in [1.807, 2.05) is 12.1 Å². The molecule has 0 fully saturated rings. The molecule has 1 heterocycles. The number of pyridine rings is 1. The first-order valence-corrected chi connectivity index (χ1v) is 3.91. The third-order valence-corrected chi connectivity index (χ3v) is 1.53. The first kappa shape index (κ1) is 9.47. The fourth-order valence-electron chi connectivity index (χ4n) is 0.921. The van der Waals surface area contributed by atoms with Crippen molar-refractivity contribution in [3.63, 3.8) is 0 Å². The highest BCUT2D eigenvalue weighted by Crippen LogP contribution is 2.02. The first-order chi connectivity index (χ1) is 6.22. The van der Waals surface area contributed by atoms with Gasteiger partial charge >= 0.3 is 0 Å². The van der Waals surface area contributed by atoms with E-state index >= 15 is 0 Å². The highest BCUT2D eigenvalue weighted by Gasteiger charge is 1.94. The lowest BCUT2D eigenvalue weighted by Crippen LogP contribution is -2.22. The molecule has 0 radical (unpaired) electrons. The molecule has 0 bridgehead atoms. The maximum atomic E-state index is 5.43. The lowest BCUT2D eigenvalue weighted by Gasteiger charge is -1.99. The van der Waals surface area contributed by atoms with E-state index in [1.54, 1.807) is 6.20 Å². The van der Waals surface area contributed by atoms with Crippen molar-refractivity contribution in [3.05, 3.63) is 29.6 Å². The molecule has 13 heavy (non-hydrogen) atoms. The molecule has 1 aromatic rings. The van der Waals surface area contributed by atoms with Gasteiger partial charge < -0.3 is 17.2 Å². The second kappa shape index (κ2) is 4.42. The minimum atomic E-state index is 0.0890. The SMILES string of the molecule is NCc1cc(CN=C(N)N)ccn1. The summed E-state index contributed by atoms with van der Waals surface area (Å²) in [6, 6.07) is 3.73. The van der Waals surface area contributed by atoms with Crippen LogP contribution in [0.2, 0.25) is 0 Å². The number of rotatable bonds is 3. The summed E-state index contributed by atoms with van der Waals surface area (Å²) in [5.74, 6) is 0.0890. The number of nitrogens with zero attached hydrogens (tertiary/aromatic N) is 2. The number of hydrogen-bond donors (Lipinski definition) is 3. The molecular weight excluding hydrogens is 166 g/mol. The molecule has 0 saturated heterocycles. The predicted molar refractivity (Wildman–Crippen MR) is 51.6 cm³/mol. The van der Waals surface area contributed by atoms with Crippen LogP contribution >= 0.6 is 0 Å². The fraction of sp³-hybridized carbons (Fsp3) is 0.250. The van der Waals surface area contributed by atoms with E-state index in [4.69, 9.17) is 17.2 Å². The summed E-state index contributed by atoms with van der Waals surface area (Å²) in [7, 11) is 0. The second-order valence-corrected chi connectivity index (χ2v) is 2.60. The van der Waals surface area contributed by atoms with Crippen molar-refractivity contribution in [1.82, 2.24) is 4.98 Å². The van der Waals surface area contributed by atoms with Crippen LogP contribution in [0.5, 0.6) is 0 Å². The van der Waals surface area contributed by atoms with E-state index in [0.717, 1.165) is 11.3 Å². The largest absolute Gasteiger partial charge is 0.370 e. The van der Waals surface area contributed by atoms with Crippen LogP contribution in [-0.2, 0) is 13.1 Å². The predicted octanol–water partition coefficient (Wildman–Crippen LogP) is -0.686. The average molecular weight is 179 g/mol. The van der Waals surface area contributed by atoms with Crippen molar-refractivity contribution < 1.29 is 0 Å². The van der Waals surface area contributed by atoms with Gasteiger partial charge in [-0.15, -0.1) is 0 Å².